The van der Waals surface area contributed by atoms with Gasteiger partial charge in [-0.05, 0) is 53.4 Å². The number of benzene rings is 3. The zero-order chi connectivity index (χ0) is 24.0. The van der Waals surface area contributed by atoms with E-state index in [4.69, 9.17) is 21.1 Å². The smallest absolute Gasteiger partial charge is 0.300 e. The van der Waals surface area contributed by atoms with E-state index in [2.05, 4.69) is 13.8 Å². The zero-order valence-corrected chi connectivity index (χ0v) is 19.4. The molecule has 6 nitrogen and oxygen atoms in total. The van der Waals surface area contributed by atoms with Crippen LogP contribution >= 0.6 is 11.6 Å². The fraction of sp³-hybridized carbons (Fsp3) is 0.185. The number of rotatable bonds is 4. The van der Waals surface area contributed by atoms with E-state index in [0.29, 0.717) is 39.3 Å². The summed E-state index contributed by atoms with van der Waals surface area (Å²) in [5.74, 6) is -0.361. The zero-order valence-electron chi connectivity index (χ0n) is 18.6. The molecule has 3 aromatic carbocycles. The number of carbonyl (C=O) groups is 2. The van der Waals surface area contributed by atoms with Crippen LogP contribution in [-0.4, -0.2) is 23.6 Å². The molecule has 172 valence electrons. The summed E-state index contributed by atoms with van der Waals surface area (Å²) in [4.78, 5) is 28.0. The van der Waals surface area contributed by atoms with E-state index in [-0.39, 0.29) is 18.1 Å². The molecule has 2 aliphatic rings. The van der Waals surface area contributed by atoms with Crippen LogP contribution < -0.4 is 14.4 Å². The first-order chi connectivity index (χ1) is 16.3. The maximum absolute atomic E-state index is 13.3. The highest BCUT2D eigenvalue weighted by Crippen LogP contribution is 2.45. The number of nitrogens with zero attached hydrogens (tertiary/aromatic N) is 1. The normalized spacial score (nSPS) is 18.7. The van der Waals surface area contributed by atoms with Crippen LogP contribution in [-0.2, 0) is 9.59 Å². The van der Waals surface area contributed by atoms with Gasteiger partial charge in [0, 0.05) is 22.3 Å². The van der Waals surface area contributed by atoms with Crippen molar-refractivity contribution in [2.24, 2.45) is 0 Å². The molecular formula is C27H22ClNO5. The molecule has 1 atom stereocenters. The molecular weight excluding hydrogens is 454 g/mol. The van der Waals surface area contributed by atoms with Gasteiger partial charge in [0.05, 0.1) is 11.6 Å². The van der Waals surface area contributed by atoms with Crippen molar-refractivity contribution in [1.29, 1.82) is 0 Å². The number of amides is 1. The number of anilines is 1. The average Bonchev–Trinajstić information content (AvgIpc) is 3.41. The molecule has 1 fully saturated rings. The molecule has 0 aromatic heterocycles. The predicted octanol–water partition coefficient (Wildman–Crippen LogP) is 5.82. The molecule has 2 heterocycles. The van der Waals surface area contributed by atoms with Gasteiger partial charge in [0.2, 0.25) is 6.79 Å². The number of Topliss-reactive ketones (excluding diaryl/α,β-unsaturated/α-hetero) is 1. The minimum atomic E-state index is -0.822. The number of halogens is 1. The molecule has 0 saturated carbocycles. The van der Waals surface area contributed by atoms with Gasteiger partial charge in [-0.25, -0.2) is 0 Å². The highest BCUT2D eigenvalue weighted by Gasteiger charge is 2.47. The van der Waals surface area contributed by atoms with Crippen LogP contribution in [0.2, 0.25) is 5.02 Å². The molecule has 1 N–H and O–H groups in total. The molecule has 2 aliphatic heterocycles. The maximum atomic E-state index is 13.3. The Labute approximate surface area is 202 Å². The van der Waals surface area contributed by atoms with Crippen molar-refractivity contribution >= 4 is 34.7 Å². The molecule has 34 heavy (non-hydrogen) atoms. The average molecular weight is 476 g/mol. The summed E-state index contributed by atoms with van der Waals surface area (Å²) in [6.45, 7) is 4.27. The van der Waals surface area contributed by atoms with E-state index in [9.17, 15) is 14.7 Å². The van der Waals surface area contributed by atoms with Crippen molar-refractivity contribution in [3.8, 4) is 11.5 Å². The van der Waals surface area contributed by atoms with E-state index < -0.39 is 17.7 Å². The molecule has 0 aliphatic carbocycles. The summed E-state index contributed by atoms with van der Waals surface area (Å²) < 4.78 is 10.9. The number of aliphatic hydroxyl groups is 1. The van der Waals surface area contributed by atoms with Gasteiger partial charge in [-0.2, -0.15) is 0 Å². The van der Waals surface area contributed by atoms with Crippen LogP contribution in [0.5, 0.6) is 11.5 Å². The van der Waals surface area contributed by atoms with Gasteiger partial charge >= 0.3 is 0 Å². The summed E-state index contributed by atoms with van der Waals surface area (Å²) in [7, 11) is 0. The molecule has 1 amide bonds. The Hall–Kier alpha value is -3.77. The quantitative estimate of drug-likeness (QED) is 0.292. The summed E-state index contributed by atoms with van der Waals surface area (Å²) >= 11 is 5.99. The predicted molar refractivity (Wildman–Crippen MR) is 129 cm³/mol. The number of fused-ring (bicyclic) bond motifs is 1. The van der Waals surface area contributed by atoms with Crippen molar-refractivity contribution in [3.05, 3.63) is 94.0 Å². The number of ether oxygens (including phenoxy) is 2. The van der Waals surface area contributed by atoms with Crippen molar-refractivity contribution in [2.45, 2.75) is 25.8 Å². The number of ketones is 1. The van der Waals surface area contributed by atoms with Crippen LogP contribution in [0.1, 0.15) is 42.5 Å². The van der Waals surface area contributed by atoms with E-state index in [1.54, 1.807) is 42.5 Å². The SMILES string of the molecule is CC(C)c1ccc(C2/C(=C(\O)c3ccc(Cl)cc3)C(=O)C(=O)N2c2ccc3c(c2)OCO3)cc1. The number of hydrogen-bond acceptors (Lipinski definition) is 5. The Kier molecular flexibility index (Phi) is 5.54. The highest BCUT2D eigenvalue weighted by atomic mass is 35.5. The fourth-order valence-corrected chi connectivity index (χ4v) is 4.40. The largest absolute Gasteiger partial charge is 0.507 e. The van der Waals surface area contributed by atoms with Gasteiger partial charge in [0.1, 0.15) is 5.76 Å². The first kappa shape index (κ1) is 22.0. The lowest BCUT2D eigenvalue weighted by molar-refractivity contribution is -0.132. The first-order valence-corrected chi connectivity index (χ1v) is 11.3. The first-order valence-electron chi connectivity index (χ1n) is 10.9. The Morgan fingerprint density at radius 3 is 2.32 bits per heavy atom. The standard InChI is InChI=1S/C27H22ClNO5/c1-15(2)16-3-5-17(6-4-16)24-23(25(30)18-7-9-19(28)10-8-18)26(31)27(32)29(24)20-11-12-21-22(13-20)34-14-33-21/h3-13,15,24,30H,14H2,1-2H3/b25-23+. The molecule has 0 bridgehead atoms. The van der Waals surface area contributed by atoms with Crippen LogP contribution in [0.4, 0.5) is 5.69 Å². The van der Waals surface area contributed by atoms with E-state index in [1.807, 2.05) is 24.3 Å². The third-order valence-electron chi connectivity index (χ3n) is 6.12. The molecule has 3 aromatic rings. The van der Waals surface area contributed by atoms with E-state index in [1.165, 1.54) is 4.90 Å². The van der Waals surface area contributed by atoms with Gasteiger partial charge in [-0.15, -0.1) is 0 Å². The number of aliphatic hydroxyl groups excluding tert-OH is 1. The lowest BCUT2D eigenvalue weighted by atomic mass is 9.93. The second kappa shape index (κ2) is 8.54. The van der Waals surface area contributed by atoms with Gasteiger partial charge in [0.15, 0.2) is 11.5 Å². The fourth-order valence-electron chi connectivity index (χ4n) is 4.28. The molecule has 1 unspecified atom stereocenters. The van der Waals surface area contributed by atoms with E-state index in [0.717, 1.165) is 5.56 Å². The topological polar surface area (TPSA) is 76.1 Å². The molecule has 0 spiro atoms. The third-order valence-corrected chi connectivity index (χ3v) is 6.37. The summed E-state index contributed by atoms with van der Waals surface area (Å²) in [5, 5.41) is 11.7. The highest BCUT2D eigenvalue weighted by molar-refractivity contribution is 6.51. The van der Waals surface area contributed by atoms with E-state index >= 15 is 0 Å². The minimum Gasteiger partial charge on any atom is -0.507 e. The molecule has 5 rings (SSSR count). The Morgan fingerprint density at radius 1 is 0.971 bits per heavy atom. The lowest BCUT2D eigenvalue weighted by Crippen LogP contribution is -2.29. The summed E-state index contributed by atoms with van der Waals surface area (Å²) in [5.41, 5.74) is 2.72. The van der Waals surface area contributed by atoms with Crippen molar-refractivity contribution in [2.75, 3.05) is 11.7 Å². The van der Waals surface area contributed by atoms with Gasteiger partial charge < -0.3 is 14.6 Å². The number of hydrogen-bond donors (Lipinski definition) is 1. The molecule has 1 saturated heterocycles. The second-order valence-corrected chi connectivity index (χ2v) is 8.97. The Balaban J connectivity index is 1.69. The van der Waals surface area contributed by atoms with Crippen molar-refractivity contribution < 1.29 is 24.2 Å². The maximum Gasteiger partial charge on any atom is 0.300 e. The van der Waals surface area contributed by atoms with Gasteiger partial charge in [0.25, 0.3) is 11.7 Å². The van der Waals surface area contributed by atoms with Crippen molar-refractivity contribution in [1.82, 2.24) is 0 Å². The lowest BCUT2D eigenvalue weighted by Gasteiger charge is -2.26. The summed E-state index contributed by atoms with van der Waals surface area (Å²) in [6, 6.07) is 18.5. The van der Waals surface area contributed by atoms with Crippen LogP contribution in [0.25, 0.3) is 5.76 Å². The third kappa shape index (κ3) is 3.70. The van der Waals surface area contributed by atoms with Crippen LogP contribution in [0.3, 0.4) is 0 Å². The number of carbonyl (C=O) groups excluding carboxylic acids is 2. The van der Waals surface area contributed by atoms with Gasteiger partial charge in [-0.3, -0.25) is 14.5 Å². The Morgan fingerprint density at radius 2 is 1.65 bits per heavy atom. The monoisotopic (exact) mass is 475 g/mol. The minimum absolute atomic E-state index is 0.0160. The summed E-state index contributed by atoms with van der Waals surface area (Å²) in [6.07, 6.45) is 0. The second-order valence-electron chi connectivity index (χ2n) is 8.53. The van der Waals surface area contributed by atoms with Crippen LogP contribution in [0.15, 0.2) is 72.3 Å². The Bertz CT molecular complexity index is 1310. The molecule has 7 heteroatoms. The van der Waals surface area contributed by atoms with Gasteiger partial charge in [-0.1, -0.05) is 49.7 Å². The molecule has 0 radical (unpaired) electrons. The van der Waals surface area contributed by atoms with Crippen LogP contribution in [0, 0.1) is 0 Å². The van der Waals surface area contributed by atoms with Crippen molar-refractivity contribution in [3.63, 3.8) is 0 Å².